The maximum Gasteiger partial charge on any atom is 0.254 e. The van der Waals surface area contributed by atoms with E-state index in [4.69, 9.17) is 5.26 Å². The van der Waals surface area contributed by atoms with E-state index in [9.17, 15) is 4.79 Å². The summed E-state index contributed by atoms with van der Waals surface area (Å²) in [6, 6.07) is 6.34. The quantitative estimate of drug-likeness (QED) is 0.806. The molecule has 1 aromatic heterocycles. The Morgan fingerprint density at radius 3 is 2.68 bits per heavy atom. The third kappa shape index (κ3) is 3.22. The Balaban J connectivity index is 2.11. The largest absolute Gasteiger partial charge is 0.353 e. The van der Waals surface area contributed by atoms with E-state index in [-0.39, 0.29) is 5.91 Å². The molecule has 0 atom stereocenters. The minimum Gasteiger partial charge on any atom is -0.353 e. The molecule has 0 aliphatic heterocycles. The molecular formula is C14H18N4O. The van der Waals surface area contributed by atoms with Crippen molar-refractivity contribution in [3.8, 4) is 6.07 Å². The molecule has 0 radical (unpaired) electrons. The van der Waals surface area contributed by atoms with Crippen LogP contribution in [-0.2, 0) is 0 Å². The Kier molecular flexibility index (Phi) is 4.00. The maximum absolute atomic E-state index is 11.8. The lowest BCUT2D eigenvalue weighted by Gasteiger charge is -2.22. The van der Waals surface area contributed by atoms with E-state index in [1.54, 1.807) is 26.4 Å². The fourth-order valence-electron chi connectivity index (χ4n) is 1.98. The summed E-state index contributed by atoms with van der Waals surface area (Å²) in [6.45, 7) is 0.704. The van der Waals surface area contributed by atoms with Gasteiger partial charge in [-0.2, -0.15) is 5.26 Å². The second kappa shape index (κ2) is 5.70. The minimum absolute atomic E-state index is 0.0472. The molecule has 1 aromatic rings. The van der Waals surface area contributed by atoms with E-state index >= 15 is 0 Å². The summed E-state index contributed by atoms with van der Waals surface area (Å²) in [4.78, 5) is 19.8. The molecule has 0 unspecified atom stereocenters. The minimum atomic E-state index is -0.0472. The SMILES string of the molecule is CN(C)C(=O)c1ccc(N(CCC#N)C2CC2)nc1. The smallest absolute Gasteiger partial charge is 0.254 e. The Hall–Kier alpha value is -2.09. The van der Waals surface area contributed by atoms with Gasteiger partial charge in [0.15, 0.2) is 0 Å². The van der Waals surface area contributed by atoms with Crippen LogP contribution in [-0.4, -0.2) is 42.5 Å². The van der Waals surface area contributed by atoms with Crippen molar-refractivity contribution in [1.82, 2.24) is 9.88 Å². The molecule has 1 amide bonds. The zero-order chi connectivity index (χ0) is 13.8. The van der Waals surface area contributed by atoms with Gasteiger partial charge in [0.1, 0.15) is 5.82 Å². The number of aromatic nitrogens is 1. The van der Waals surface area contributed by atoms with Gasteiger partial charge in [-0.05, 0) is 25.0 Å². The standard InChI is InChI=1S/C14H18N4O/c1-17(2)14(19)11-4-7-13(16-10-11)18(9-3-8-15)12-5-6-12/h4,7,10,12H,3,5-6,9H2,1-2H3. The first-order valence-corrected chi connectivity index (χ1v) is 6.45. The highest BCUT2D eigenvalue weighted by Gasteiger charge is 2.29. The normalized spacial score (nSPS) is 13.7. The molecule has 0 aromatic carbocycles. The van der Waals surface area contributed by atoms with Crippen LogP contribution in [0.2, 0.25) is 0 Å². The van der Waals surface area contributed by atoms with Gasteiger partial charge in [0.05, 0.1) is 18.1 Å². The van der Waals surface area contributed by atoms with Crippen molar-refractivity contribution in [1.29, 1.82) is 5.26 Å². The number of rotatable bonds is 5. The number of pyridine rings is 1. The van der Waals surface area contributed by atoms with Crippen LogP contribution >= 0.6 is 0 Å². The van der Waals surface area contributed by atoms with Gasteiger partial charge in [0.2, 0.25) is 0 Å². The van der Waals surface area contributed by atoms with E-state index < -0.39 is 0 Å². The van der Waals surface area contributed by atoms with Crippen molar-refractivity contribution in [3.05, 3.63) is 23.9 Å². The number of carbonyl (C=O) groups excluding carboxylic acids is 1. The van der Waals surface area contributed by atoms with Gasteiger partial charge < -0.3 is 9.80 Å². The molecule has 0 N–H and O–H groups in total. The van der Waals surface area contributed by atoms with Gasteiger partial charge >= 0.3 is 0 Å². The van der Waals surface area contributed by atoms with Crippen molar-refractivity contribution < 1.29 is 4.79 Å². The van der Waals surface area contributed by atoms with Gasteiger partial charge in [-0.15, -0.1) is 0 Å². The molecule has 0 bridgehead atoms. The van der Waals surface area contributed by atoms with Gasteiger partial charge in [-0.1, -0.05) is 0 Å². The molecule has 2 rings (SSSR count). The second-order valence-electron chi connectivity index (χ2n) is 4.94. The molecule has 0 saturated heterocycles. The molecule has 1 aliphatic carbocycles. The third-order valence-corrected chi connectivity index (χ3v) is 3.15. The van der Waals surface area contributed by atoms with Crippen LogP contribution in [0.3, 0.4) is 0 Å². The van der Waals surface area contributed by atoms with Gasteiger partial charge in [0.25, 0.3) is 5.91 Å². The fourth-order valence-corrected chi connectivity index (χ4v) is 1.98. The lowest BCUT2D eigenvalue weighted by Crippen LogP contribution is -2.28. The fraction of sp³-hybridized carbons (Fsp3) is 0.500. The molecule has 5 heteroatoms. The molecule has 100 valence electrons. The summed E-state index contributed by atoms with van der Waals surface area (Å²) in [6.07, 6.45) is 4.42. The van der Waals surface area contributed by atoms with Crippen LogP contribution < -0.4 is 4.90 Å². The summed E-state index contributed by atoms with van der Waals surface area (Å²) >= 11 is 0. The first-order valence-electron chi connectivity index (χ1n) is 6.45. The Morgan fingerprint density at radius 1 is 1.47 bits per heavy atom. The molecule has 1 aliphatic rings. The second-order valence-corrected chi connectivity index (χ2v) is 4.94. The zero-order valence-electron chi connectivity index (χ0n) is 11.3. The predicted molar refractivity (Wildman–Crippen MR) is 72.9 cm³/mol. The molecule has 5 nitrogen and oxygen atoms in total. The van der Waals surface area contributed by atoms with Crippen LogP contribution in [0.15, 0.2) is 18.3 Å². The van der Waals surface area contributed by atoms with E-state index in [2.05, 4.69) is 16.0 Å². The average molecular weight is 258 g/mol. The van der Waals surface area contributed by atoms with Gasteiger partial charge in [-0.25, -0.2) is 4.98 Å². The van der Waals surface area contributed by atoms with Crippen molar-refractivity contribution in [2.24, 2.45) is 0 Å². The first-order chi connectivity index (χ1) is 9.13. The number of nitriles is 1. The molecule has 1 saturated carbocycles. The Bertz CT molecular complexity index is 485. The summed E-state index contributed by atoms with van der Waals surface area (Å²) in [5.74, 6) is 0.808. The predicted octanol–water partition coefficient (Wildman–Crippen LogP) is 1.67. The average Bonchev–Trinajstić information content (AvgIpc) is 3.23. The zero-order valence-corrected chi connectivity index (χ0v) is 11.3. The highest BCUT2D eigenvalue weighted by molar-refractivity contribution is 5.93. The van der Waals surface area contributed by atoms with Crippen LogP contribution in [0.25, 0.3) is 0 Å². The van der Waals surface area contributed by atoms with Crippen molar-refractivity contribution in [2.75, 3.05) is 25.5 Å². The van der Waals surface area contributed by atoms with E-state index in [0.29, 0.717) is 24.6 Å². The first kappa shape index (κ1) is 13.3. The number of carbonyl (C=O) groups is 1. The molecule has 0 spiro atoms. The lowest BCUT2D eigenvalue weighted by molar-refractivity contribution is 0.0827. The number of nitrogens with zero attached hydrogens (tertiary/aromatic N) is 4. The lowest BCUT2D eigenvalue weighted by atomic mass is 10.2. The monoisotopic (exact) mass is 258 g/mol. The van der Waals surface area contributed by atoms with Crippen molar-refractivity contribution >= 4 is 11.7 Å². The molecular weight excluding hydrogens is 240 g/mol. The number of hydrogen-bond donors (Lipinski definition) is 0. The Morgan fingerprint density at radius 2 is 2.21 bits per heavy atom. The van der Waals surface area contributed by atoms with Crippen molar-refractivity contribution in [3.63, 3.8) is 0 Å². The highest BCUT2D eigenvalue weighted by atomic mass is 16.2. The van der Waals surface area contributed by atoms with Crippen LogP contribution in [0.5, 0.6) is 0 Å². The van der Waals surface area contributed by atoms with Crippen molar-refractivity contribution in [2.45, 2.75) is 25.3 Å². The summed E-state index contributed by atoms with van der Waals surface area (Å²) in [5, 5.41) is 8.69. The third-order valence-electron chi connectivity index (χ3n) is 3.15. The topological polar surface area (TPSA) is 60.2 Å². The van der Waals surface area contributed by atoms with E-state index in [0.717, 1.165) is 18.7 Å². The number of amides is 1. The summed E-state index contributed by atoms with van der Waals surface area (Å²) in [5.41, 5.74) is 0.588. The number of hydrogen-bond acceptors (Lipinski definition) is 4. The van der Waals surface area contributed by atoms with Crippen LogP contribution in [0.4, 0.5) is 5.82 Å². The van der Waals surface area contributed by atoms with Crippen LogP contribution in [0.1, 0.15) is 29.6 Å². The van der Waals surface area contributed by atoms with Gasteiger partial charge in [-0.3, -0.25) is 4.79 Å². The molecule has 1 fully saturated rings. The maximum atomic E-state index is 11.8. The van der Waals surface area contributed by atoms with Crippen LogP contribution in [0, 0.1) is 11.3 Å². The Labute approximate surface area is 113 Å². The highest BCUT2D eigenvalue weighted by Crippen LogP contribution is 2.30. The van der Waals surface area contributed by atoms with Gasteiger partial charge in [0, 0.05) is 32.9 Å². The summed E-state index contributed by atoms with van der Waals surface area (Å²) < 4.78 is 0. The number of anilines is 1. The molecule has 1 heterocycles. The van der Waals surface area contributed by atoms with E-state index in [1.165, 1.54) is 4.90 Å². The summed E-state index contributed by atoms with van der Waals surface area (Å²) in [7, 11) is 3.44. The van der Waals surface area contributed by atoms with E-state index in [1.807, 2.05) is 6.07 Å². The molecule has 19 heavy (non-hydrogen) atoms.